The van der Waals surface area contributed by atoms with Crippen LogP contribution >= 0.6 is 0 Å². The molecule has 15 heteroatoms. The molecule has 9 rings (SSSR count). The molecule has 8 atom stereocenters. The zero-order chi connectivity index (χ0) is 40.6. The molecular formula is C43H49N9O6. The number of carbonyl (C=O) groups excluding carboxylic acids is 4. The number of hydrogen-bond acceptors (Lipinski definition) is 10. The topological polar surface area (TPSA) is 184 Å². The van der Waals surface area contributed by atoms with Crippen LogP contribution in [-0.4, -0.2) is 104 Å². The van der Waals surface area contributed by atoms with E-state index in [1.807, 2.05) is 67.8 Å². The Hall–Kier alpha value is -5.86. The van der Waals surface area contributed by atoms with Crippen LogP contribution in [0.4, 0.5) is 15.3 Å². The van der Waals surface area contributed by atoms with E-state index in [9.17, 15) is 19.2 Å². The number of amides is 4. The van der Waals surface area contributed by atoms with Crippen LogP contribution in [0, 0.1) is 23.7 Å². The first-order chi connectivity index (χ1) is 27.9. The normalized spacial score (nSPS) is 24.9. The fraction of sp³-hybridized carbons (Fsp3) is 0.488. The number of aliphatic imine (C=N–C) groups is 1. The number of aromatic nitrogens is 4. The summed E-state index contributed by atoms with van der Waals surface area (Å²) in [6.07, 6.45) is 6.65. The minimum absolute atomic E-state index is 0.0767. The molecule has 2 aromatic carbocycles. The highest BCUT2D eigenvalue weighted by molar-refractivity contribution is 6.02. The van der Waals surface area contributed by atoms with Gasteiger partial charge in [0.05, 0.1) is 66.8 Å². The van der Waals surface area contributed by atoms with Crippen LogP contribution in [0.25, 0.3) is 33.5 Å². The number of likely N-dealkylation sites (tertiary alicyclic amines) is 2. The Morgan fingerprint density at radius 1 is 0.741 bits per heavy atom. The smallest absolute Gasteiger partial charge is 0.407 e. The predicted molar refractivity (Wildman–Crippen MR) is 215 cm³/mol. The Kier molecular flexibility index (Phi) is 9.43. The summed E-state index contributed by atoms with van der Waals surface area (Å²) < 4.78 is 9.62. The van der Waals surface area contributed by atoms with E-state index in [1.54, 1.807) is 12.4 Å². The largest absolute Gasteiger partial charge is 0.453 e. The molecular weight excluding hydrogens is 739 g/mol. The number of imidazole rings is 1. The maximum atomic E-state index is 13.9. The maximum absolute atomic E-state index is 13.9. The molecule has 2 aliphatic carbocycles. The summed E-state index contributed by atoms with van der Waals surface area (Å²) in [5, 5.41) is 5.49. The monoisotopic (exact) mass is 787 g/mol. The Morgan fingerprint density at radius 2 is 1.36 bits per heavy atom. The van der Waals surface area contributed by atoms with Crippen LogP contribution in [0.15, 0.2) is 53.8 Å². The molecule has 0 bridgehead atoms. The predicted octanol–water partition coefficient (Wildman–Crippen LogP) is 5.73. The molecule has 2 saturated heterocycles. The molecule has 3 N–H and O–H groups in total. The van der Waals surface area contributed by atoms with E-state index in [4.69, 9.17) is 29.4 Å². The van der Waals surface area contributed by atoms with E-state index in [0.29, 0.717) is 18.3 Å². The molecule has 2 aromatic heterocycles. The minimum Gasteiger partial charge on any atom is -0.453 e. The molecule has 0 radical (unpaired) electrons. The number of piperidine rings is 2. The molecule has 3 aliphatic heterocycles. The van der Waals surface area contributed by atoms with Crippen molar-refractivity contribution < 1.29 is 28.7 Å². The van der Waals surface area contributed by atoms with Crippen LogP contribution in [-0.2, 0) is 25.5 Å². The zero-order valence-electron chi connectivity index (χ0n) is 33.6. The maximum Gasteiger partial charge on any atom is 0.407 e. The van der Waals surface area contributed by atoms with Gasteiger partial charge in [-0.1, -0.05) is 39.8 Å². The van der Waals surface area contributed by atoms with Gasteiger partial charge < -0.3 is 34.9 Å². The molecule has 58 heavy (non-hydrogen) atoms. The van der Waals surface area contributed by atoms with Crippen molar-refractivity contribution in [3.63, 3.8) is 0 Å². The molecule has 0 spiro atoms. The number of benzene rings is 2. The van der Waals surface area contributed by atoms with E-state index < -0.39 is 24.3 Å². The SMILES string of the molecule is COC(=O)N[C@H](C(=O)N1C(c2ncc(-c3ccc4nc(-c5ccc6c(c5)CC([C@@H]5C[C@H]7C[C@H]7N5C(=O)[C@@H](NC(=O)OC)C(C)C)=N6)cnc4c3)[nH]2)C[C@H]2C[C@H]21)C(C)C. The second-order valence-electron chi connectivity index (χ2n) is 17.1. The van der Waals surface area contributed by atoms with Crippen molar-refractivity contribution in [3.05, 3.63) is 60.2 Å². The van der Waals surface area contributed by atoms with E-state index in [0.717, 1.165) is 82.0 Å². The molecule has 302 valence electrons. The van der Waals surface area contributed by atoms with Crippen LogP contribution in [0.1, 0.15) is 70.8 Å². The lowest BCUT2D eigenvalue weighted by Gasteiger charge is -2.32. The highest BCUT2D eigenvalue weighted by atomic mass is 16.5. The van der Waals surface area contributed by atoms with Gasteiger partial charge in [-0.25, -0.2) is 19.6 Å². The second kappa shape index (κ2) is 14.5. The standard InChI is InChI=1S/C43H49N9O6/c1-20(2)37(49-42(55)57-5)40(53)51-33-14-25(33)16-35(51)30-13-24-11-22(7-9-27(24)46-30)31-18-44-29-12-23(8-10-28(29)47-31)32-19-45-39(48-32)36-17-26-15-34(26)52(36)41(54)38(21(3)4)50-43(56)58-6/h7-12,18-21,25-26,33-38H,13-17H2,1-6H3,(H,45,48)(H,49,55)(H,50,56)/t25-,26-,33-,34-,35+,36?,37+,38+/m1/s1. The first-order valence-electron chi connectivity index (χ1n) is 20.3. The Balaban J connectivity index is 0.894. The molecule has 4 aromatic rings. The third kappa shape index (κ3) is 6.73. The van der Waals surface area contributed by atoms with Gasteiger partial charge in [-0.05, 0) is 79.2 Å². The lowest BCUT2D eigenvalue weighted by atomic mass is 9.97. The van der Waals surface area contributed by atoms with Gasteiger partial charge in [-0.2, -0.15) is 0 Å². The van der Waals surface area contributed by atoms with Gasteiger partial charge >= 0.3 is 12.2 Å². The molecule has 5 aliphatic rings. The summed E-state index contributed by atoms with van der Waals surface area (Å²) in [6, 6.07) is 10.7. The Bertz CT molecular complexity index is 2360. The summed E-state index contributed by atoms with van der Waals surface area (Å²) >= 11 is 0. The lowest BCUT2D eigenvalue weighted by Crippen LogP contribution is -2.55. The molecule has 2 saturated carbocycles. The average Bonchev–Trinajstić information content (AvgIpc) is 3.84. The third-order valence-electron chi connectivity index (χ3n) is 12.7. The van der Waals surface area contributed by atoms with Crippen molar-refractivity contribution >= 4 is 46.4 Å². The van der Waals surface area contributed by atoms with Crippen molar-refractivity contribution in [2.24, 2.45) is 28.7 Å². The summed E-state index contributed by atoms with van der Waals surface area (Å²) in [7, 11) is 2.60. The van der Waals surface area contributed by atoms with Crippen LogP contribution < -0.4 is 10.6 Å². The van der Waals surface area contributed by atoms with Gasteiger partial charge in [0.15, 0.2) is 0 Å². The van der Waals surface area contributed by atoms with E-state index >= 15 is 0 Å². The van der Waals surface area contributed by atoms with Gasteiger partial charge in [0, 0.05) is 35.3 Å². The van der Waals surface area contributed by atoms with E-state index in [1.165, 1.54) is 14.2 Å². The fourth-order valence-corrected chi connectivity index (χ4v) is 9.36. The molecule has 15 nitrogen and oxygen atoms in total. The average molecular weight is 788 g/mol. The minimum atomic E-state index is -0.692. The summed E-state index contributed by atoms with van der Waals surface area (Å²) in [4.78, 5) is 78.8. The third-order valence-corrected chi connectivity index (χ3v) is 12.7. The number of hydrogen-bond donors (Lipinski definition) is 3. The fourth-order valence-electron chi connectivity index (χ4n) is 9.36. The molecule has 4 amide bonds. The summed E-state index contributed by atoms with van der Waals surface area (Å²) in [5.41, 5.74) is 7.86. The molecule has 1 unspecified atom stereocenters. The molecule has 4 fully saturated rings. The first kappa shape index (κ1) is 37.7. The number of methoxy groups -OCH3 is 2. The highest BCUT2D eigenvalue weighted by Gasteiger charge is 2.57. The quantitative estimate of drug-likeness (QED) is 0.181. The number of carbonyl (C=O) groups is 4. The number of nitrogens with one attached hydrogen (secondary N) is 3. The van der Waals surface area contributed by atoms with Crippen molar-refractivity contribution in [1.29, 1.82) is 0 Å². The Morgan fingerprint density at radius 3 is 2.00 bits per heavy atom. The first-order valence-corrected chi connectivity index (χ1v) is 20.3. The van der Waals surface area contributed by atoms with Crippen LogP contribution in [0.5, 0.6) is 0 Å². The van der Waals surface area contributed by atoms with Crippen molar-refractivity contribution in [1.82, 2.24) is 40.4 Å². The van der Waals surface area contributed by atoms with E-state index in [-0.39, 0.29) is 47.8 Å². The number of rotatable bonds is 10. The number of alkyl carbamates (subject to hydrolysis) is 2. The number of nitrogens with zero attached hydrogens (tertiary/aromatic N) is 6. The molecule has 5 heterocycles. The van der Waals surface area contributed by atoms with Gasteiger partial charge in [0.2, 0.25) is 11.8 Å². The summed E-state index contributed by atoms with van der Waals surface area (Å²) in [5.74, 6) is 1.22. The van der Waals surface area contributed by atoms with Gasteiger partial charge in [-0.15, -0.1) is 0 Å². The number of H-pyrrole nitrogens is 1. The number of fused-ring (bicyclic) bond motifs is 4. The van der Waals surface area contributed by atoms with Gasteiger partial charge in [-0.3, -0.25) is 19.6 Å². The van der Waals surface area contributed by atoms with Crippen molar-refractivity contribution in [2.75, 3.05) is 14.2 Å². The van der Waals surface area contributed by atoms with Crippen LogP contribution in [0.3, 0.4) is 0 Å². The van der Waals surface area contributed by atoms with E-state index in [2.05, 4.69) is 21.7 Å². The Labute approximate surface area is 336 Å². The van der Waals surface area contributed by atoms with Crippen molar-refractivity contribution in [3.8, 4) is 22.5 Å². The lowest BCUT2D eigenvalue weighted by molar-refractivity contribution is -0.137. The van der Waals surface area contributed by atoms with Crippen molar-refractivity contribution in [2.45, 2.75) is 96.1 Å². The highest BCUT2D eigenvalue weighted by Crippen LogP contribution is 2.54. The van der Waals surface area contributed by atoms with Gasteiger partial charge in [0.1, 0.15) is 17.9 Å². The summed E-state index contributed by atoms with van der Waals surface area (Å²) in [6.45, 7) is 7.68. The van der Waals surface area contributed by atoms with Gasteiger partial charge in [0.25, 0.3) is 0 Å². The van der Waals surface area contributed by atoms with Crippen LogP contribution in [0.2, 0.25) is 0 Å². The second-order valence-corrected chi connectivity index (χ2v) is 17.1. The number of ether oxygens (including phenoxy) is 2. The number of aromatic amines is 1. The zero-order valence-corrected chi connectivity index (χ0v) is 33.6.